The number of furan rings is 1. The fourth-order valence-electron chi connectivity index (χ4n) is 6.72. The highest BCUT2D eigenvalue weighted by molar-refractivity contribution is 7.26. The quantitative estimate of drug-likeness (QED) is 0.218. The number of rotatable bonds is 2. The molecule has 3 nitrogen and oxygen atoms in total. The summed E-state index contributed by atoms with van der Waals surface area (Å²) in [5.41, 5.74) is 9.76. The molecular formula is C37H22N2OS. The Hall–Kier alpha value is -5.11. The van der Waals surface area contributed by atoms with Crippen LogP contribution >= 0.6 is 11.3 Å². The molecule has 9 rings (SSSR count). The van der Waals surface area contributed by atoms with Gasteiger partial charge < -0.3 is 8.98 Å². The Balaban J connectivity index is 1.35. The minimum absolute atomic E-state index is 0.695. The number of aromatic nitrogens is 1. The monoisotopic (exact) mass is 542 g/mol. The lowest BCUT2D eigenvalue weighted by atomic mass is 10.00. The van der Waals surface area contributed by atoms with Crippen LogP contribution in [0.3, 0.4) is 0 Å². The van der Waals surface area contributed by atoms with E-state index in [1.807, 2.05) is 35.6 Å². The van der Waals surface area contributed by atoms with E-state index in [2.05, 4.69) is 95.6 Å². The van der Waals surface area contributed by atoms with Crippen molar-refractivity contribution in [1.29, 1.82) is 5.26 Å². The molecular weight excluding hydrogens is 520 g/mol. The minimum atomic E-state index is 0.695. The Morgan fingerprint density at radius 2 is 1.51 bits per heavy atom. The molecule has 0 unspecified atom stereocenters. The normalized spacial score (nSPS) is 13.0. The molecule has 0 amide bonds. The van der Waals surface area contributed by atoms with Gasteiger partial charge in [0.1, 0.15) is 11.2 Å². The molecule has 1 aliphatic rings. The maximum atomic E-state index is 9.59. The van der Waals surface area contributed by atoms with Crippen molar-refractivity contribution in [1.82, 2.24) is 4.57 Å². The average molecular weight is 543 g/mol. The van der Waals surface area contributed by atoms with Crippen LogP contribution in [0.5, 0.6) is 0 Å². The van der Waals surface area contributed by atoms with E-state index in [0.717, 1.165) is 51.2 Å². The number of nitriles is 1. The van der Waals surface area contributed by atoms with Crippen LogP contribution in [-0.2, 0) is 6.42 Å². The van der Waals surface area contributed by atoms with Crippen molar-refractivity contribution < 1.29 is 4.42 Å². The number of allylic oxidation sites excluding steroid dienone is 1. The van der Waals surface area contributed by atoms with Crippen molar-refractivity contribution >= 4 is 70.4 Å². The predicted molar refractivity (Wildman–Crippen MR) is 171 cm³/mol. The summed E-state index contributed by atoms with van der Waals surface area (Å²) in [5, 5.41) is 15.5. The van der Waals surface area contributed by atoms with Crippen LogP contribution in [0.25, 0.3) is 75.9 Å². The molecule has 0 spiro atoms. The van der Waals surface area contributed by atoms with E-state index in [1.54, 1.807) is 0 Å². The standard InChI is InChI=1S/C37H22N2OS/c38-21-22-18-19-32-30(20-22)23-8-1-3-15-31(23)39(32)33-16-7-14-29-28-13-6-12-27(36(28)41-37(29)33)26-11-5-10-25-24-9-2-4-17-34(24)40-35(25)26/h1-2,4-14,16-20H,3,15H2. The Labute approximate surface area is 239 Å². The summed E-state index contributed by atoms with van der Waals surface area (Å²) in [6, 6.07) is 36.5. The predicted octanol–water partition coefficient (Wildman–Crippen LogP) is 10.4. The van der Waals surface area contributed by atoms with Gasteiger partial charge in [-0.1, -0.05) is 78.9 Å². The van der Waals surface area contributed by atoms with Crippen LogP contribution in [0.4, 0.5) is 0 Å². The van der Waals surface area contributed by atoms with Gasteiger partial charge in [0.2, 0.25) is 0 Å². The number of nitrogens with zero attached hydrogens (tertiary/aromatic N) is 2. The summed E-state index contributed by atoms with van der Waals surface area (Å²) in [7, 11) is 0. The van der Waals surface area contributed by atoms with Gasteiger partial charge in [-0.15, -0.1) is 11.3 Å². The second-order valence-electron chi connectivity index (χ2n) is 10.7. The van der Waals surface area contributed by atoms with Crippen molar-refractivity contribution in [2.75, 3.05) is 0 Å². The molecule has 192 valence electrons. The second-order valence-corrected chi connectivity index (χ2v) is 11.7. The number of hydrogen-bond acceptors (Lipinski definition) is 3. The Morgan fingerprint density at radius 3 is 2.41 bits per heavy atom. The third-order valence-corrected chi connectivity index (χ3v) is 9.79. The maximum absolute atomic E-state index is 9.59. The topological polar surface area (TPSA) is 41.9 Å². The third-order valence-electron chi connectivity index (χ3n) is 8.51. The van der Waals surface area contributed by atoms with Crippen molar-refractivity contribution in [3.8, 4) is 22.9 Å². The van der Waals surface area contributed by atoms with E-state index in [1.165, 1.54) is 42.7 Å². The highest BCUT2D eigenvalue weighted by Gasteiger charge is 2.22. The molecule has 3 heterocycles. The molecule has 3 aromatic heterocycles. The average Bonchev–Trinajstić information content (AvgIpc) is 3.70. The zero-order valence-corrected chi connectivity index (χ0v) is 22.8. The van der Waals surface area contributed by atoms with Gasteiger partial charge in [-0.3, -0.25) is 0 Å². The van der Waals surface area contributed by atoms with E-state index in [0.29, 0.717) is 5.56 Å². The Kier molecular flexibility index (Phi) is 4.67. The molecule has 0 N–H and O–H groups in total. The van der Waals surface area contributed by atoms with Gasteiger partial charge in [-0.2, -0.15) is 5.26 Å². The number of benzene rings is 5. The van der Waals surface area contributed by atoms with Gasteiger partial charge in [-0.05, 0) is 43.2 Å². The second kappa shape index (κ2) is 8.44. The highest BCUT2D eigenvalue weighted by atomic mass is 32.1. The SMILES string of the molecule is N#Cc1ccc2c(c1)c1c(n2-c2cccc3c2sc2c(-c4cccc5c4oc4ccccc45)cccc23)CCC=C1. The smallest absolute Gasteiger partial charge is 0.143 e. The minimum Gasteiger partial charge on any atom is -0.455 e. The lowest BCUT2D eigenvalue weighted by Gasteiger charge is -2.14. The molecule has 8 aromatic rings. The van der Waals surface area contributed by atoms with Crippen molar-refractivity contribution in [2.45, 2.75) is 12.8 Å². The fourth-order valence-corrected chi connectivity index (χ4v) is 8.05. The summed E-state index contributed by atoms with van der Waals surface area (Å²) >= 11 is 1.86. The van der Waals surface area contributed by atoms with Crippen molar-refractivity contribution in [3.05, 3.63) is 120 Å². The van der Waals surface area contributed by atoms with Gasteiger partial charge in [0.15, 0.2) is 0 Å². The van der Waals surface area contributed by atoms with E-state index < -0.39 is 0 Å². The Morgan fingerprint density at radius 1 is 0.732 bits per heavy atom. The number of thiophene rings is 1. The highest BCUT2D eigenvalue weighted by Crippen LogP contribution is 2.46. The van der Waals surface area contributed by atoms with Crippen molar-refractivity contribution in [3.63, 3.8) is 0 Å². The van der Waals surface area contributed by atoms with Gasteiger partial charge >= 0.3 is 0 Å². The van der Waals surface area contributed by atoms with Gasteiger partial charge in [0.05, 0.1) is 27.5 Å². The van der Waals surface area contributed by atoms with Crippen LogP contribution in [0.15, 0.2) is 108 Å². The summed E-state index contributed by atoms with van der Waals surface area (Å²) in [4.78, 5) is 0. The summed E-state index contributed by atoms with van der Waals surface area (Å²) < 4.78 is 11.4. The number of para-hydroxylation sites is 2. The summed E-state index contributed by atoms with van der Waals surface area (Å²) in [6.07, 6.45) is 6.47. The van der Waals surface area contributed by atoms with Gasteiger partial charge in [-0.25, -0.2) is 0 Å². The molecule has 41 heavy (non-hydrogen) atoms. The molecule has 0 aliphatic heterocycles. The molecule has 0 fully saturated rings. The number of hydrogen-bond donors (Lipinski definition) is 0. The van der Waals surface area contributed by atoms with E-state index >= 15 is 0 Å². The zero-order valence-electron chi connectivity index (χ0n) is 22.0. The molecule has 1 aliphatic carbocycles. The maximum Gasteiger partial charge on any atom is 0.143 e. The van der Waals surface area contributed by atoms with Crippen LogP contribution < -0.4 is 0 Å². The first kappa shape index (κ1) is 22.7. The van der Waals surface area contributed by atoms with E-state index in [9.17, 15) is 5.26 Å². The first-order chi connectivity index (χ1) is 20.3. The first-order valence-corrected chi connectivity index (χ1v) is 14.7. The zero-order chi connectivity index (χ0) is 27.1. The Bertz CT molecular complexity index is 2440. The lowest BCUT2D eigenvalue weighted by molar-refractivity contribution is 0.670. The number of fused-ring (bicyclic) bond motifs is 9. The molecule has 0 bridgehead atoms. The molecule has 5 aromatic carbocycles. The van der Waals surface area contributed by atoms with Crippen molar-refractivity contribution in [2.24, 2.45) is 0 Å². The molecule has 4 heteroatoms. The van der Waals surface area contributed by atoms with Crippen LogP contribution in [0, 0.1) is 11.3 Å². The van der Waals surface area contributed by atoms with Gasteiger partial charge in [0, 0.05) is 54.0 Å². The van der Waals surface area contributed by atoms with E-state index in [4.69, 9.17) is 4.42 Å². The summed E-state index contributed by atoms with van der Waals surface area (Å²) in [5.74, 6) is 0. The van der Waals surface area contributed by atoms with Crippen LogP contribution in [0.2, 0.25) is 0 Å². The molecule has 0 radical (unpaired) electrons. The van der Waals surface area contributed by atoms with Crippen LogP contribution in [0.1, 0.15) is 23.2 Å². The molecule has 0 saturated carbocycles. The van der Waals surface area contributed by atoms with Gasteiger partial charge in [0.25, 0.3) is 0 Å². The van der Waals surface area contributed by atoms with Crippen LogP contribution in [-0.4, -0.2) is 4.57 Å². The third kappa shape index (κ3) is 3.13. The molecule has 0 saturated heterocycles. The first-order valence-electron chi connectivity index (χ1n) is 13.9. The fraction of sp³-hybridized carbons (Fsp3) is 0.0541. The summed E-state index contributed by atoms with van der Waals surface area (Å²) in [6.45, 7) is 0. The largest absolute Gasteiger partial charge is 0.455 e. The molecule has 0 atom stereocenters. The lowest BCUT2D eigenvalue weighted by Crippen LogP contribution is -2.03. The van der Waals surface area contributed by atoms with E-state index in [-0.39, 0.29) is 0 Å².